The predicted octanol–water partition coefficient (Wildman–Crippen LogP) is 6.32. The van der Waals surface area contributed by atoms with Gasteiger partial charge in [-0.15, -0.1) is 69.4 Å². The summed E-state index contributed by atoms with van der Waals surface area (Å²) in [7, 11) is 20.0. The second kappa shape index (κ2) is 40.4. The van der Waals surface area contributed by atoms with E-state index in [1.807, 2.05) is 0 Å². The van der Waals surface area contributed by atoms with Crippen molar-refractivity contribution in [3.63, 3.8) is 0 Å². The van der Waals surface area contributed by atoms with Crippen molar-refractivity contribution in [2.45, 2.75) is 72.9 Å². The average molecular weight is 1370 g/mol. The first kappa shape index (κ1) is 72.3. The summed E-state index contributed by atoms with van der Waals surface area (Å²) in [6.45, 7) is 8.79. The summed E-state index contributed by atoms with van der Waals surface area (Å²) in [5.41, 5.74) is 0.545. The van der Waals surface area contributed by atoms with Gasteiger partial charge in [0.05, 0.1) is 30.8 Å². The quantitative estimate of drug-likeness (QED) is 0.0725. The number of hydrogen-bond acceptors (Lipinski definition) is 19. The smallest absolute Gasteiger partial charge is 0.355 e. The minimum atomic E-state index is -1.09. The van der Waals surface area contributed by atoms with Crippen molar-refractivity contribution in [2.75, 3.05) is 0 Å². The van der Waals surface area contributed by atoms with E-state index in [9.17, 15) is 28.8 Å². The van der Waals surface area contributed by atoms with Crippen molar-refractivity contribution in [1.82, 2.24) is 36.7 Å². The average Bonchev–Trinajstić information content (AvgIpc) is 4.08. The van der Waals surface area contributed by atoms with Crippen LogP contribution in [0.3, 0.4) is 0 Å². The summed E-state index contributed by atoms with van der Waals surface area (Å²) in [5, 5.41) is 31.7. The number of rotatable bonds is 13. The number of carbonyl (C=O) groups excluding carboxylic acids is 4. The maximum Gasteiger partial charge on any atom is 0.355 e. The molecule has 0 aromatic carbocycles. The molecule has 68 heavy (non-hydrogen) atoms. The molecular formula is C30H39Cl2N7O8S21. The van der Waals surface area contributed by atoms with Gasteiger partial charge in [-0.2, -0.15) is 0 Å². The van der Waals surface area contributed by atoms with E-state index in [2.05, 4.69) is 75.3 Å². The molecule has 0 radical (unpaired) electrons. The summed E-state index contributed by atoms with van der Waals surface area (Å²) in [4.78, 5) is 84.2. The number of amides is 2. The molecule has 4 rings (SSSR count). The Labute approximate surface area is 476 Å². The molecule has 0 fully saturated rings. The molecule has 0 aliphatic rings. The molecule has 0 aliphatic heterocycles. The van der Waals surface area contributed by atoms with E-state index in [0.717, 1.165) is 0 Å². The van der Waals surface area contributed by atoms with Gasteiger partial charge in [-0.05, 0) is 13.8 Å². The lowest BCUT2D eigenvalue weighted by atomic mass is 9.89. The van der Waals surface area contributed by atoms with E-state index in [-0.39, 0.29) is 80.8 Å². The molecule has 7 N–H and O–H groups in total. The Morgan fingerprint density at radius 3 is 1.18 bits per heavy atom. The van der Waals surface area contributed by atoms with Gasteiger partial charge >= 0.3 is 11.9 Å². The van der Waals surface area contributed by atoms with E-state index in [0.29, 0.717) is 31.4 Å². The Hall–Kier alpha value is 0.0200. The molecule has 382 valence electrons. The van der Waals surface area contributed by atoms with E-state index in [1.165, 1.54) is 105 Å². The number of carbonyl (C=O) groups is 6. The third-order valence-corrected chi connectivity index (χ3v) is 34.4. The van der Waals surface area contributed by atoms with E-state index >= 15 is 0 Å². The summed E-state index contributed by atoms with van der Waals surface area (Å²) < 4.78 is 0. The second-order valence-electron chi connectivity index (χ2n) is 12.3. The first-order chi connectivity index (χ1) is 30.7. The van der Waals surface area contributed by atoms with Gasteiger partial charge in [-0.3, -0.25) is 19.2 Å². The molecule has 15 nitrogen and oxygen atoms in total. The number of halogens is 2. The lowest BCUT2D eigenvalue weighted by Gasteiger charge is -2.15. The molecule has 0 unspecified atom stereocenters. The number of hydrogen-bond donors (Lipinski definition) is 5. The summed E-state index contributed by atoms with van der Waals surface area (Å²) in [6, 6.07) is 0. The number of carboxylic acid groups (broad SMARTS) is 2. The SMILES string of the molecule is C.CC(C)(C)C(=O)CC(=O)NCc1nc(-c2nc(C(=O)O)cs2)cs1.CC(C)(Cl)C(=O)CC(=O)NCc1nc(-c2nc(C(=O)O)cs2)cs1.Cl.N.S=S=S=S=S=S=S=S.S=S=S=S=S=S=S=S=S. The Morgan fingerprint density at radius 2 is 0.897 bits per heavy atom. The van der Waals surface area contributed by atoms with E-state index in [4.69, 9.17) is 21.8 Å². The van der Waals surface area contributed by atoms with Crippen LogP contribution in [0.4, 0.5) is 0 Å². The van der Waals surface area contributed by atoms with E-state index < -0.39 is 28.1 Å². The molecule has 38 heteroatoms. The fourth-order valence-electron chi connectivity index (χ4n) is 3.30. The van der Waals surface area contributed by atoms with Crippen LogP contribution < -0.4 is 16.8 Å². The maximum absolute atomic E-state index is 11.8. The van der Waals surface area contributed by atoms with Gasteiger partial charge in [0.15, 0.2) is 17.2 Å². The Balaban J connectivity index is -0.000000903. The highest BCUT2D eigenvalue weighted by Gasteiger charge is 2.26. The van der Waals surface area contributed by atoms with Gasteiger partial charge < -0.3 is 27.0 Å². The molecule has 4 heterocycles. The number of ketones is 2. The molecule has 0 saturated carbocycles. The van der Waals surface area contributed by atoms with Gasteiger partial charge in [-0.25, -0.2) is 29.5 Å². The molecular weight excluding hydrogens is 1330 g/mol. The first-order valence-corrected chi connectivity index (χ1v) is 40.3. The van der Waals surface area contributed by atoms with Crippen molar-refractivity contribution in [3.05, 3.63) is 42.9 Å². The van der Waals surface area contributed by atoms with Gasteiger partial charge in [0.25, 0.3) is 0 Å². The summed E-state index contributed by atoms with van der Waals surface area (Å²) in [6.07, 6.45) is -0.445. The zero-order valence-corrected chi connectivity index (χ0v) is 53.1. The number of thiazole rings is 4. The number of aromatic carboxylic acids is 2. The molecule has 4 aromatic heterocycles. The fraction of sp³-hybridized carbons (Fsp3) is 0.400. The highest BCUT2D eigenvalue weighted by atomic mass is 35.5. The largest absolute Gasteiger partial charge is 0.476 e. The highest BCUT2D eigenvalue weighted by Crippen LogP contribution is 2.27. The third kappa shape index (κ3) is 32.3. The second-order valence-corrected chi connectivity index (χ2v) is 39.8. The topological polar surface area (TPSA) is 253 Å². The van der Waals surface area contributed by atoms with Crippen molar-refractivity contribution >= 4 is 265 Å². The minimum absolute atomic E-state index is 0. The third-order valence-electron chi connectivity index (χ3n) is 6.31. The Kier molecular flexibility index (Phi) is 42.9. The molecule has 0 bridgehead atoms. The van der Waals surface area contributed by atoms with Crippen molar-refractivity contribution < 1.29 is 39.0 Å². The number of nitrogens with zero attached hydrogens (tertiary/aromatic N) is 4. The molecule has 0 aliphatic carbocycles. The Bertz CT molecular complexity index is 2750. The Morgan fingerprint density at radius 1 is 0.574 bits per heavy atom. The van der Waals surface area contributed by atoms with Crippen LogP contribution in [-0.2, 0) is 192 Å². The normalized spacial score (nSPS) is 9.62. The summed E-state index contributed by atoms with van der Waals surface area (Å²) >= 11 is 29.4. The number of nitrogens with one attached hydrogen (secondary N) is 2. The van der Waals surface area contributed by atoms with Crippen LogP contribution in [0, 0.1) is 5.41 Å². The number of aromatic nitrogens is 4. The van der Waals surface area contributed by atoms with Crippen molar-refractivity contribution in [3.8, 4) is 21.4 Å². The summed E-state index contributed by atoms with van der Waals surface area (Å²) in [5.74, 6) is -3.41. The molecule has 0 spiro atoms. The van der Waals surface area contributed by atoms with Crippen LogP contribution in [0.2, 0.25) is 0 Å². The first-order valence-electron chi connectivity index (χ1n) is 16.4. The van der Waals surface area contributed by atoms with Crippen LogP contribution in [-0.4, -0.2) is 70.3 Å². The van der Waals surface area contributed by atoms with Crippen LogP contribution in [0.1, 0.15) is 85.9 Å². The van der Waals surface area contributed by atoms with Gasteiger partial charge in [-0.1, -0.05) is 28.2 Å². The van der Waals surface area contributed by atoms with Crippen LogP contribution >= 0.6 is 69.4 Å². The zero-order valence-electron chi connectivity index (χ0n) is 34.3. The minimum Gasteiger partial charge on any atom is -0.476 e. The van der Waals surface area contributed by atoms with Gasteiger partial charge in [0.2, 0.25) is 11.8 Å². The maximum atomic E-state index is 11.8. The van der Waals surface area contributed by atoms with Gasteiger partial charge in [0, 0.05) is 187 Å². The molecule has 4 aromatic rings. The predicted molar refractivity (Wildman–Crippen MR) is 327 cm³/mol. The number of carboxylic acids is 2. The lowest BCUT2D eigenvalue weighted by molar-refractivity contribution is -0.133. The molecule has 2 amide bonds. The molecule has 0 atom stereocenters. The van der Waals surface area contributed by atoms with Crippen molar-refractivity contribution in [1.29, 1.82) is 0 Å². The van der Waals surface area contributed by atoms with Crippen LogP contribution in [0.5, 0.6) is 0 Å². The van der Waals surface area contributed by atoms with Crippen molar-refractivity contribution in [2.24, 2.45) is 5.41 Å². The highest BCUT2D eigenvalue weighted by molar-refractivity contribution is 8.72. The molecule has 0 saturated heterocycles. The van der Waals surface area contributed by atoms with Gasteiger partial charge in [0.1, 0.15) is 37.2 Å². The standard InChI is InChI=1S/C15H17N3O4S2.C14H14ClN3O4S2.CH4.ClH.H3N.S9.S8/c1-15(2,3)10(19)4-11(20)16-5-12-17-8(6-23-12)13-18-9(7-24-13)14(21)22;1-14(2,15)9(19)3-10(20)16-4-11-17-7(5-23-11)12-18-8(6-24-12)13(21)22;;;;1-3-5-7-9-8-6-4-2;1-3-5-7-8-6-4-2/h6-7H,4-5H2,1-3H3,(H,16,20)(H,21,22);5-6H,3-4H2,1-2H3,(H,16,20)(H,21,22);1H4;1H;1H3;;. The number of alkyl halides is 1. The fourth-order valence-corrected chi connectivity index (χ4v) is 31.2. The lowest BCUT2D eigenvalue weighted by Crippen LogP contribution is -2.32. The number of Topliss-reactive ketones (excluding diaryl/α,β-unsaturated/α-hetero) is 2. The zero-order chi connectivity index (χ0) is 49.0. The van der Waals surface area contributed by atoms with E-state index in [1.54, 1.807) is 111 Å². The monoisotopic (exact) mass is 1370 g/mol. The van der Waals surface area contributed by atoms with Crippen LogP contribution in [0.25, 0.3) is 21.4 Å². The van der Waals surface area contributed by atoms with Crippen LogP contribution in [0.15, 0.2) is 21.5 Å².